The van der Waals surface area contributed by atoms with Crippen molar-refractivity contribution in [1.82, 2.24) is 29.9 Å². The first-order valence-electron chi connectivity index (χ1n) is 11.6. The summed E-state index contributed by atoms with van der Waals surface area (Å²) in [6, 6.07) is 5.14. The molecule has 4 heterocycles. The SMILES string of the molecule is O=C(N1CC[C@H](c2ncn[nH]2)C1)N1CC2(CCN(Cc3cccc(S(=O)(=O)C(F)(F)F)c3)CC2)C1. The minimum atomic E-state index is -5.36. The van der Waals surface area contributed by atoms with Gasteiger partial charge >= 0.3 is 11.5 Å². The molecular formula is C22H27F3N6O3S. The zero-order valence-corrected chi connectivity index (χ0v) is 19.9. The molecule has 1 aromatic heterocycles. The van der Waals surface area contributed by atoms with E-state index in [9.17, 15) is 26.4 Å². The van der Waals surface area contributed by atoms with Crippen molar-refractivity contribution in [2.24, 2.45) is 5.41 Å². The Bertz CT molecular complexity index is 1170. The zero-order chi connectivity index (χ0) is 24.8. The number of halogens is 3. The minimum Gasteiger partial charge on any atom is -0.324 e. The van der Waals surface area contributed by atoms with Crippen molar-refractivity contribution >= 4 is 15.9 Å². The third kappa shape index (κ3) is 4.63. The van der Waals surface area contributed by atoms with Gasteiger partial charge in [0.1, 0.15) is 12.2 Å². The molecule has 1 atom stereocenters. The second-order valence-corrected chi connectivity index (χ2v) is 11.8. The second-order valence-electron chi connectivity index (χ2n) is 9.81. The number of aromatic amines is 1. The van der Waals surface area contributed by atoms with Gasteiger partial charge in [0.25, 0.3) is 9.84 Å². The number of benzene rings is 1. The highest BCUT2D eigenvalue weighted by Crippen LogP contribution is 2.42. The second kappa shape index (κ2) is 8.77. The molecule has 1 spiro atoms. The Kier molecular flexibility index (Phi) is 6.02. The Hall–Kier alpha value is -2.67. The van der Waals surface area contributed by atoms with Crippen LogP contribution < -0.4 is 0 Å². The van der Waals surface area contributed by atoms with Crippen LogP contribution in [-0.2, 0) is 16.4 Å². The standard InChI is InChI=1S/C22H27F3N6O3S/c23-22(24,25)35(33,34)18-3-1-2-16(10-18)11-29-8-5-21(6-9-29)13-31(14-21)20(32)30-7-4-17(12-30)19-26-15-27-28-19/h1-3,10,15,17H,4-9,11-14H2,(H,26,27,28)/t17-/m0/s1. The number of urea groups is 1. The number of H-pyrrole nitrogens is 1. The average Bonchev–Trinajstić information content (AvgIpc) is 3.49. The van der Waals surface area contributed by atoms with Crippen LogP contribution in [0.2, 0.25) is 0 Å². The van der Waals surface area contributed by atoms with Crippen molar-refractivity contribution in [1.29, 1.82) is 0 Å². The fraction of sp³-hybridized carbons (Fsp3) is 0.591. The van der Waals surface area contributed by atoms with Gasteiger partial charge in [0.2, 0.25) is 0 Å². The molecule has 0 aliphatic carbocycles. The van der Waals surface area contributed by atoms with Crippen molar-refractivity contribution in [3.63, 3.8) is 0 Å². The third-order valence-electron chi connectivity index (χ3n) is 7.44. The lowest BCUT2D eigenvalue weighted by Gasteiger charge is -2.54. The molecule has 3 aliphatic heterocycles. The van der Waals surface area contributed by atoms with Gasteiger partial charge in [0.15, 0.2) is 0 Å². The van der Waals surface area contributed by atoms with Gasteiger partial charge in [-0.2, -0.15) is 18.3 Å². The summed E-state index contributed by atoms with van der Waals surface area (Å²) >= 11 is 0. The van der Waals surface area contributed by atoms with Gasteiger partial charge in [-0.3, -0.25) is 10.00 Å². The fourth-order valence-corrected chi connectivity index (χ4v) is 6.20. The van der Waals surface area contributed by atoms with Crippen LogP contribution in [0.5, 0.6) is 0 Å². The fourth-order valence-electron chi connectivity index (χ4n) is 5.37. The van der Waals surface area contributed by atoms with Crippen molar-refractivity contribution < 1.29 is 26.4 Å². The summed E-state index contributed by atoms with van der Waals surface area (Å²) in [6.45, 7) is 4.63. The van der Waals surface area contributed by atoms with Gasteiger partial charge in [-0.1, -0.05) is 12.1 Å². The minimum absolute atomic E-state index is 0.0581. The van der Waals surface area contributed by atoms with Gasteiger partial charge in [0.05, 0.1) is 4.90 Å². The van der Waals surface area contributed by atoms with E-state index in [4.69, 9.17) is 0 Å². The molecule has 1 aromatic carbocycles. The number of rotatable bonds is 4. The number of alkyl halides is 3. The molecule has 3 aliphatic rings. The number of carbonyl (C=O) groups is 1. The Balaban J connectivity index is 1.11. The molecule has 13 heteroatoms. The van der Waals surface area contributed by atoms with Gasteiger partial charge < -0.3 is 9.80 Å². The Labute approximate surface area is 201 Å². The molecule has 5 rings (SSSR count). The number of carbonyl (C=O) groups excluding carboxylic acids is 1. The molecule has 2 amide bonds. The number of amides is 2. The molecule has 2 aromatic rings. The molecule has 190 valence electrons. The van der Waals surface area contributed by atoms with E-state index in [1.807, 2.05) is 9.80 Å². The summed E-state index contributed by atoms with van der Waals surface area (Å²) < 4.78 is 62.0. The number of aromatic nitrogens is 3. The van der Waals surface area contributed by atoms with Gasteiger partial charge in [-0.05, 0) is 50.0 Å². The first kappa shape index (κ1) is 24.0. The van der Waals surface area contributed by atoms with Crippen LogP contribution in [-0.4, -0.2) is 89.1 Å². The van der Waals surface area contributed by atoms with Crippen molar-refractivity contribution in [2.45, 2.75) is 42.1 Å². The number of sulfone groups is 1. The van der Waals surface area contributed by atoms with Crippen LogP contribution in [0.15, 0.2) is 35.5 Å². The highest BCUT2D eigenvalue weighted by Gasteiger charge is 2.49. The number of hydrogen-bond donors (Lipinski definition) is 1. The molecule has 9 nitrogen and oxygen atoms in total. The first-order valence-corrected chi connectivity index (χ1v) is 13.1. The maximum atomic E-state index is 12.9. The molecule has 0 bridgehead atoms. The van der Waals surface area contributed by atoms with Crippen LogP contribution in [0, 0.1) is 5.41 Å². The number of likely N-dealkylation sites (tertiary alicyclic amines) is 3. The number of hydrogen-bond acceptors (Lipinski definition) is 6. The normalized spacial score (nSPS) is 23.0. The zero-order valence-electron chi connectivity index (χ0n) is 19.0. The van der Waals surface area contributed by atoms with Crippen LogP contribution in [0.25, 0.3) is 0 Å². The molecule has 0 unspecified atom stereocenters. The van der Waals surface area contributed by atoms with E-state index >= 15 is 0 Å². The van der Waals surface area contributed by atoms with E-state index in [-0.39, 0.29) is 17.4 Å². The smallest absolute Gasteiger partial charge is 0.324 e. The topological polar surface area (TPSA) is 102 Å². The van der Waals surface area contributed by atoms with Crippen molar-refractivity contribution in [3.05, 3.63) is 42.0 Å². The maximum absolute atomic E-state index is 12.9. The summed E-state index contributed by atoms with van der Waals surface area (Å²) in [4.78, 5) is 22.3. The molecule has 0 radical (unpaired) electrons. The van der Waals surface area contributed by atoms with E-state index in [2.05, 4.69) is 20.1 Å². The van der Waals surface area contributed by atoms with Crippen molar-refractivity contribution in [2.75, 3.05) is 39.3 Å². The van der Waals surface area contributed by atoms with Crippen LogP contribution in [0.1, 0.15) is 36.6 Å². The van der Waals surface area contributed by atoms with E-state index in [1.54, 1.807) is 6.07 Å². The van der Waals surface area contributed by atoms with Gasteiger partial charge in [-0.25, -0.2) is 18.2 Å². The number of piperidine rings is 1. The molecule has 1 N–H and O–H groups in total. The van der Waals surface area contributed by atoms with E-state index in [1.165, 1.54) is 12.4 Å². The predicted molar refractivity (Wildman–Crippen MR) is 119 cm³/mol. The number of nitrogens with zero attached hydrogens (tertiary/aromatic N) is 5. The average molecular weight is 513 g/mol. The Morgan fingerprint density at radius 2 is 1.89 bits per heavy atom. The lowest BCUT2D eigenvalue weighted by molar-refractivity contribution is -0.0436. The molecule has 3 fully saturated rings. The van der Waals surface area contributed by atoms with Gasteiger partial charge in [-0.15, -0.1) is 0 Å². The van der Waals surface area contributed by atoms with Crippen LogP contribution in [0.4, 0.5) is 18.0 Å². The Morgan fingerprint density at radius 1 is 1.14 bits per heavy atom. The summed E-state index contributed by atoms with van der Waals surface area (Å²) in [6.07, 6.45) is 4.11. The monoisotopic (exact) mass is 512 g/mol. The summed E-state index contributed by atoms with van der Waals surface area (Å²) in [7, 11) is -5.36. The molecule has 35 heavy (non-hydrogen) atoms. The summed E-state index contributed by atoms with van der Waals surface area (Å²) in [5.41, 5.74) is -4.70. The predicted octanol–water partition coefficient (Wildman–Crippen LogP) is 2.61. The first-order chi connectivity index (χ1) is 16.6. The van der Waals surface area contributed by atoms with E-state index in [0.29, 0.717) is 38.3 Å². The lowest BCUT2D eigenvalue weighted by Crippen LogP contribution is -2.63. The van der Waals surface area contributed by atoms with Crippen molar-refractivity contribution in [3.8, 4) is 0 Å². The third-order valence-corrected chi connectivity index (χ3v) is 8.92. The summed E-state index contributed by atoms with van der Waals surface area (Å²) in [5, 5.41) is 6.77. The Morgan fingerprint density at radius 3 is 2.54 bits per heavy atom. The highest BCUT2D eigenvalue weighted by atomic mass is 32.2. The summed E-state index contributed by atoms with van der Waals surface area (Å²) in [5.74, 6) is 0.999. The highest BCUT2D eigenvalue weighted by molar-refractivity contribution is 7.92. The molecule has 0 saturated carbocycles. The van der Waals surface area contributed by atoms with Crippen LogP contribution in [0.3, 0.4) is 0 Å². The van der Waals surface area contributed by atoms with Gasteiger partial charge in [0, 0.05) is 44.1 Å². The van der Waals surface area contributed by atoms with Crippen LogP contribution >= 0.6 is 0 Å². The maximum Gasteiger partial charge on any atom is 0.501 e. The van der Waals surface area contributed by atoms with E-state index in [0.717, 1.165) is 50.3 Å². The largest absolute Gasteiger partial charge is 0.501 e. The molecule has 3 saturated heterocycles. The lowest BCUT2D eigenvalue weighted by atomic mass is 9.72. The quantitative estimate of drug-likeness (QED) is 0.676. The molecular weight excluding hydrogens is 485 g/mol. The number of nitrogens with one attached hydrogen (secondary N) is 1. The van der Waals surface area contributed by atoms with E-state index < -0.39 is 20.2 Å².